The van der Waals surface area contributed by atoms with Crippen molar-refractivity contribution in [3.8, 4) is 0 Å². The van der Waals surface area contributed by atoms with E-state index in [1.807, 2.05) is 110 Å². The maximum absolute atomic E-state index is 13.9. The van der Waals surface area contributed by atoms with Gasteiger partial charge in [-0.2, -0.15) is 0 Å². The number of carbonyl (C=O) groups excluding carboxylic acids is 1. The molecule has 0 radical (unpaired) electrons. The lowest BCUT2D eigenvalue weighted by atomic mass is 10.1. The van der Waals surface area contributed by atoms with Crippen LogP contribution in [-0.2, 0) is 0 Å². The summed E-state index contributed by atoms with van der Waals surface area (Å²) in [5.74, 6) is -0.211. The molecule has 0 aliphatic rings. The summed E-state index contributed by atoms with van der Waals surface area (Å²) in [6.45, 7) is 2.00. The van der Waals surface area contributed by atoms with Gasteiger partial charge < -0.3 is 0 Å². The van der Waals surface area contributed by atoms with E-state index in [1.54, 1.807) is 0 Å². The third kappa shape index (κ3) is 6.04. The fourth-order valence-corrected chi connectivity index (χ4v) is 10.6. The number of thioether (sulfide) groups is 1. The Morgan fingerprint density at radius 2 is 1.10 bits per heavy atom. The van der Waals surface area contributed by atoms with Gasteiger partial charge in [0.15, 0.2) is 7.26 Å². The van der Waals surface area contributed by atoms with E-state index in [0.29, 0.717) is 20.4 Å². The van der Waals surface area contributed by atoms with Crippen LogP contribution in [-0.4, -0.2) is 5.91 Å². The molecule has 0 saturated heterocycles. The number of rotatable bonds is 8. The Hall–Kier alpha value is -3.33. The predicted molar refractivity (Wildman–Crippen MR) is 174 cm³/mol. The fraction of sp³-hybridized carbons (Fsp3) is 0.0294. The van der Waals surface area contributed by atoms with Crippen molar-refractivity contribution in [1.82, 2.24) is 5.32 Å². The summed E-state index contributed by atoms with van der Waals surface area (Å²) >= 11 is 14.9. The van der Waals surface area contributed by atoms with Crippen molar-refractivity contribution < 1.29 is 4.79 Å². The SMILES string of the molecule is Cc1ccc(C(=O)NC(=C(Cl)Sc2ccc(Cl)cc2)[P+](c2ccccc2)(c2ccccc2)c2ccccc2)cc1. The van der Waals surface area contributed by atoms with Crippen LogP contribution in [0.25, 0.3) is 0 Å². The summed E-state index contributed by atoms with van der Waals surface area (Å²) in [6, 6.07) is 46.1. The van der Waals surface area contributed by atoms with Crippen molar-refractivity contribution in [2.45, 2.75) is 11.8 Å². The minimum atomic E-state index is -2.68. The first-order valence-electron chi connectivity index (χ1n) is 12.8. The molecule has 0 bridgehead atoms. The van der Waals surface area contributed by atoms with Crippen LogP contribution in [0.1, 0.15) is 15.9 Å². The van der Waals surface area contributed by atoms with Crippen molar-refractivity contribution in [3.05, 3.63) is 165 Å². The minimum Gasteiger partial charge on any atom is -0.290 e. The first kappa shape index (κ1) is 28.2. The van der Waals surface area contributed by atoms with Gasteiger partial charge in [0.25, 0.3) is 5.91 Å². The van der Waals surface area contributed by atoms with Gasteiger partial charge in [0.2, 0.25) is 5.44 Å². The number of carbonyl (C=O) groups is 1. The maximum Gasteiger partial charge on any atom is 0.258 e. The average Bonchev–Trinajstić information content (AvgIpc) is 3.00. The molecule has 198 valence electrons. The third-order valence-corrected chi connectivity index (χ3v) is 12.6. The minimum absolute atomic E-state index is 0.211. The molecule has 5 rings (SSSR count). The van der Waals surface area contributed by atoms with Gasteiger partial charge in [-0.1, -0.05) is 107 Å². The molecule has 0 fully saturated rings. The molecule has 1 N–H and O–H groups in total. The molecule has 1 amide bonds. The zero-order chi connectivity index (χ0) is 28.0. The number of aryl methyl sites for hydroxylation is 1. The summed E-state index contributed by atoms with van der Waals surface area (Å²) in [7, 11) is -2.68. The van der Waals surface area contributed by atoms with Crippen LogP contribution in [0, 0.1) is 6.92 Å². The van der Waals surface area contributed by atoms with Gasteiger partial charge in [0.05, 0.1) is 0 Å². The molecule has 6 heteroatoms. The number of benzene rings is 5. The second kappa shape index (κ2) is 12.9. The molecular weight excluding hydrogens is 572 g/mol. The molecule has 2 nitrogen and oxygen atoms in total. The predicted octanol–water partition coefficient (Wildman–Crippen LogP) is 8.53. The summed E-state index contributed by atoms with van der Waals surface area (Å²) < 4.78 is 0.493. The van der Waals surface area contributed by atoms with Crippen LogP contribution in [0.3, 0.4) is 0 Å². The van der Waals surface area contributed by atoms with Gasteiger partial charge in [0, 0.05) is 15.5 Å². The van der Waals surface area contributed by atoms with Gasteiger partial charge in [0.1, 0.15) is 20.3 Å². The maximum atomic E-state index is 13.9. The van der Waals surface area contributed by atoms with E-state index in [1.165, 1.54) is 11.8 Å². The number of halogens is 2. The van der Waals surface area contributed by atoms with Gasteiger partial charge in [-0.05, 0) is 79.7 Å². The van der Waals surface area contributed by atoms with Crippen LogP contribution in [0.4, 0.5) is 0 Å². The number of hydrogen-bond donors (Lipinski definition) is 1. The summed E-state index contributed by atoms with van der Waals surface area (Å²) in [5, 5.41) is 7.24. The number of hydrogen-bond acceptors (Lipinski definition) is 2. The summed E-state index contributed by atoms with van der Waals surface area (Å²) in [4.78, 5) is 14.8. The van der Waals surface area contributed by atoms with E-state index in [0.717, 1.165) is 26.4 Å². The molecule has 5 aromatic carbocycles. The smallest absolute Gasteiger partial charge is 0.258 e. The Balaban J connectivity index is 1.80. The van der Waals surface area contributed by atoms with E-state index < -0.39 is 7.26 Å². The molecule has 0 aliphatic heterocycles. The first-order chi connectivity index (χ1) is 19.5. The van der Waals surface area contributed by atoms with E-state index >= 15 is 0 Å². The van der Waals surface area contributed by atoms with Crippen LogP contribution in [0.2, 0.25) is 5.02 Å². The molecule has 5 aromatic rings. The molecule has 0 spiro atoms. The molecule has 0 saturated carbocycles. The van der Waals surface area contributed by atoms with Crippen LogP contribution < -0.4 is 21.2 Å². The topological polar surface area (TPSA) is 29.1 Å². The van der Waals surface area contributed by atoms with Crippen molar-refractivity contribution in [1.29, 1.82) is 0 Å². The zero-order valence-corrected chi connectivity index (χ0v) is 25.0. The highest BCUT2D eigenvalue weighted by Gasteiger charge is 2.52. The Labute approximate surface area is 250 Å². The van der Waals surface area contributed by atoms with E-state index in [-0.39, 0.29) is 5.91 Å². The fourth-order valence-electron chi connectivity index (χ4n) is 4.59. The lowest BCUT2D eigenvalue weighted by Gasteiger charge is -2.30. The van der Waals surface area contributed by atoms with Crippen molar-refractivity contribution in [3.63, 3.8) is 0 Å². The van der Waals surface area contributed by atoms with Crippen molar-refractivity contribution in [2.75, 3.05) is 0 Å². The van der Waals surface area contributed by atoms with Crippen LogP contribution in [0.15, 0.2) is 154 Å². The molecule has 40 heavy (non-hydrogen) atoms. The summed E-state index contributed by atoms with van der Waals surface area (Å²) in [6.07, 6.45) is 0. The average molecular weight is 600 g/mol. The van der Waals surface area contributed by atoms with Gasteiger partial charge >= 0.3 is 0 Å². The Morgan fingerprint density at radius 3 is 1.55 bits per heavy atom. The van der Waals surface area contributed by atoms with E-state index in [2.05, 4.69) is 41.7 Å². The second-order valence-electron chi connectivity index (χ2n) is 9.18. The Morgan fingerprint density at radius 1 is 0.650 bits per heavy atom. The quantitative estimate of drug-likeness (QED) is 0.143. The summed E-state index contributed by atoms with van der Waals surface area (Å²) in [5.41, 5.74) is 2.34. The molecule has 0 aliphatic carbocycles. The highest BCUT2D eigenvalue weighted by molar-refractivity contribution is 8.06. The van der Waals surface area contributed by atoms with Gasteiger partial charge in [-0.3, -0.25) is 10.1 Å². The van der Waals surface area contributed by atoms with E-state index in [4.69, 9.17) is 23.2 Å². The van der Waals surface area contributed by atoms with Gasteiger partial charge in [-0.15, -0.1) is 0 Å². The van der Waals surface area contributed by atoms with Crippen molar-refractivity contribution in [2.24, 2.45) is 0 Å². The first-order valence-corrected chi connectivity index (χ1v) is 16.1. The molecule has 0 heterocycles. The zero-order valence-electron chi connectivity index (χ0n) is 21.8. The highest BCUT2D eigenvalue weighted by atomic mass is 35.5. The van der Waals surface area contributed by atoms with Crippen LogP contribution in [0.5, 0.6) is 0 Å². The number of amides is 1. The monoisotopic (exact) mass is 598 g/mol. The largest absolute Gasteiger partial charge is 0.290 e. The van der Waals surface area contributed by atoms with Crippen molar-refractivity contribution >= 4 is 64.0 Å². The van der Waals surface area contributed by atoms with Gasteiger partial charge in [-0.25, -0.2) is 0 Å². The normalized spacial score (nSPS) is 12.0. The lowest BCUT2D eigenvalue weighted by Crippen LogP contribution is -2.38. The lowest BCUT2D eigenvalue weighted by molar-refractivity contribution is 0.0968. The molecule has 0 aromatic heterocycles. The third-order valence-electron chi connectivity index (χ3n) is 6.52. The number of nitrogens with one attached hydrogen (secondary N) is 1. The van der Waals surface area contributed by atoms with E-state index in [9.17, 15) is 4.79 Å². The Bertz CT molecular complexity index is 1510. The second-order valence-corrected chi connectivity index (χ2v) is 14.6. The molecule has 0 unspecified atom stereocenters. The highest BCUT2D eigenvalue weighted by Crippen LogP contribution is 2.64. The Kier molecular flexibility index (Phi) is 9.09. The molecule has 0 atom stereocenters. The molecular formula is C34H27Cl2NOPS+. The standard InChI is InChI=1S/C34H26Cl2NOPS/c1-25-17-19-26(20-18-25)33(38)37-34(32(36)40-31-23-21-27(35)22-24-31)39(28-11-5-2-6-12-28,29-13-7-3-8-14-29)30-15-9-4-10-16-30/h2-24H,1H3/p+1. The van der Waals surface area contributed by atoms with Crippen LogP contribution >= 0.6 is 42.2 Å².